The van der Waals surface area contributed by atoms with Crippen molar-refractivity contribution >= 4 is 0 Å². The molecule has 0 N–H and O–H groups in total. The Kier molecular flexibility index (Phi) is 3.97. The van der Waals surface area contributed by atoms with Crippen molar-refractivity contribution in [2.45, 2.75) is 26.7 Å². The fraction of sp³-hybridized carbons (Fsp3) is 0.429. The van der Waals surface area contributed by atoms with Gasteiger partial charge in [-0.1, -0.05) is 25.0 Å². The van der Waals surface area contributed by atoms with Crippen LogP contribution >= 0.6 is 0 Å². The van der Waals surface area contributed by atoms with Gasteiger partial charge in [0, 0.05) is 7.05 Å². The molecule has 0 spiro atoms. The number of nitrogens with zero attached hydrogens (tertiary/aromatic N) is 3. The van der Waals surface area contributed by atoms with Crippen LogP contribution in [0, 0.1) is 6.92 Å². The Morgan fingerprint density at radius 2 is 2.17 bits per heavy atom. The number of ether oxygens (including phenoxy) is 1. The van der Waals surface area contributed by atoms with E-state index >= 15 is 0 Å². The van der Waals surface area contributed by atoms with Gasteiger partial charge in [0.2, 0.25) is 0 Å². The van der Waals surface area contributed by atoms with Gasteiger partial charge < -0.3 is 4.74 Å². The molecule has 0 saturated carbocycles. The Bertz CT molecular complexity index is 520. The second-order valence-electron chi connectivity index (χ2n) is 4.44. The molecule has 96 valence electrons. The highest BCUT2D eigenvalue weighted by Gasteiger charge is 2.10. The minimum Gasteiger partial charge on any atom is -0.493 e. The van der Waals surface area contributed by atoms with E-state index in [4.69, 9.17) is 4.74 Å². The molecule has 0 aliphatic carbocycles. The van der Waals surface area contributed by atoms with Gasteiger partial charge in [0.1, 0.15) is 12.1 Å². The zero-order valence-corrected chi connectivity index (χ0v) is 11.2. The lowest BCUT2D eigenvalue weighted by atomic mass is 10.1. The Hall–Kier alpha value is -1.84. The lowest BCUT2D eigenvalue weighted by Crippen LogP contribution is -1.99. The standard InChI is InChI=1S/C14H19N3O/c1-4-5-8-18-13-7-6-11(2)9-12(13)14-15-10-17(3)16-14/h6-7,9-10H,4-5,8H2,1-3H3. The topological polar surface area (TPSA) is 39.9 Å². The molecule has 0 saturated heterocycles. The fourth-order valence-electron chi connectivity index (χ4n) is 1.73. The second-order valence-corrected chi connectivity index (χ2v) is 4.44. The van der Waals surface area contributed by atoms with Crippen LogP contribution in [-0.4, -0.2) is 21.4 Å². The van der Waals surface area contributed by atoms with Gasteiger partial charge in [-0.05, 0) is 25.5 Å². The molecule has 0 aliphatic rings. The van der Waals surface area contributed by atoms with Crippen LogP contribution in [0.25, 0.3) is 11.4 Å². The van der Waals surface area contributed by atoms with Crippen LogP contribution < -0.4 is 4.74 Å². The highest BCUT2D eigenvalue weighted by molar-refractivity contribution is 5.64. The van der Waals surface area contributed by atoms with E-state index < -0.39 is 0 Å². The zero-order chi connectivity index (χ0) is 13.0. The van der Waals surface area contributed by atoms with Crippen molar-refractivity contribution < 1.29 is 4.74 Å². The maximum Gasteiger partial charge on any atom is 0.184 e. The summed E-state index contributed by atoms with van der Waals surface area (Å²) in [6, 6.07) is 6.11. The summed E-state index contributed by atoms with van der Waals surface area (Å²) < 4.78 is 7.51. The number of rotatable bonds is 5. The summed E-state index contributed by atoms with van der Waals surface area (Å²) in [5.74, 6) is 1.58. The van der Waals surface area contributed by atoms with Crippen LogP contribution in [0.1, 0.15) is 25.3 Å². The van der Waals surface area contributed by atoms with Gasteiger partial charge >= 0.3 is 0 Å². The van der Waals surface area contributed by atoms with E-state index in [2.05, 4.69) is 30.0 Å². The average molecular weight is 245 g/mol. The van der Waals surface area contributed by atoms with Crippen molar-refractivity contribution in [3.63, 3.8) is 0 Å². The lowest BCUT2D eigenvalue weighted by Gasteiger charge is -2.10. The predicted molar refractivity (Wildman–Crippen MR) is 71.6 cm³/mol. The van der Waals surface area contributed by atoms with Crippen molar-refractivity contribution in [1.29, 1.82) is 0 Å². The molecule has 0 radical (unpaired) electrons. The van der Waals surface area contributed by atoms with E-state index in [9.17, 15) is 0 Å². The highest BCUT2D eigenvalue weighted by atomic mass is 16.5. The highest BCUT2D eigenvalue weighted by Crippen LogP contribution is 2.28. The summed E-state index contributed by atoms with van der Waals surface area (Å²) in [5, 5.41) is 4.34. The third kappa shape index (κ3) is 2.88. The maximum atomic E-state index is 5.81. The van der Waals surface area contributed by atoms with Crippen molar-refractivity contribution in [3.05, 3.63) is 30.1 Å². The predicted octanol–water partition coefficient (Wildman–Crippen LogP) is 2.97. The maximum absolute atomic E-state index is 5.81. The van der Waals surface area contributed by atoms with E-state index in [1.807, 2.05) is 19.2 Å². The molecule has 2 rings (SSSR count). The summed E-state index contributed by atoms with van der Waals surface area (Å²) >= 11 is 0. The average Bonchev–Trinajstić information content (AvgIpc) is 2.78. The van der Waals surface area contributed by atoms with Gasteiger partial charge in [-0.2, -0.15) is 5.10 Å². The van der Waals surface area contributed by atoms with Crippen molar-refractivity contribution in [1.82, 2.24) is 14.8 Å². The molecular weight excluding hydrogens is 226 g/mol. The number of hydrogen-bond donors (Lipinski definition) is 0. The van der Waals surface area contributed by atoms with Crippen molar-refractivity contribution in [2.75, 3.05) is 6.61 Å². The van der Waals surface area contributed by atoms with Crippen LogP contribution in [0.4, 0.5) is 0 Å². The fourth-order valence-corrected chi connectivity index (χ4v) is 1.73. The molecule has 0 fully saturated rings. The number of aryl methyl sites for hydroxylation is 2. The second kappa shape index (κ2) is 5.67. The first-order valence-electron chi connectivity index (χ1n) is 6.30. The van der Waals surface area contributed by atoms with E-state index in [1.165, 1.54) is 5.56 Å². The van der Waals surface area contributed by atoms with E-state index in [1.54, 1.807) is 11.0 Å². The molecular formula is C14H19N3O. The van der Waals surface area contributed by atoms with E-state index in [-0.39, 0.29) is 0 Å². The normalized spacial score (nSPS) is 10.6. The van der Waals surface area contributed by atoms with E-state index in [0.717, 1.165) is 30.8 Å². The molecule has 1 aromatic heterocycles. The molecule has 1 aromatic carbocycles. The van der Waals surface area contributed by atoms with Crippen LogP contribution in [0.15, 0.2) is 24.5 Å². The molecule has 1 heterocycles. The Morgan fingerprint density at radius 3 is 2.83 bits per heavy atom. The van der Waals surface area contributed by atoms with Gasteiger partial charge in [0.05, 0.1) is 12.2 Å². The molecule has 4 nitrogen and oxygen atoms in total. The van der Waals surface area contributed by atoms with Crippen LogP contribution in [0.3, 0.4) is 0 Å². The summed E-state index contributed by atoms with van der Waals surface area (Å²) in [6.07, 6.45) is 3.89. The molecule has 2 aromatic rings. The SMILES string of the molecule is CCCCOc1ccc(C)cc1-c1ncn(C)n1. The van der Waals surface area contributed by atoms with Gasteiger partial charge in [-0.25, -0.2) is 4.98 Å². The molecule has 18 heavy (non-hydrogen) atoms. The third-order valence-corrected chi connectivity index (χ3v) is 2.73. The molecule has 0 amide bonds. The van der Waals surface area contributed by atoms with Crippen LogP contribution in [-0.2, 0) is 7.05 Å². The van der Waals surface area contributed by atoms with Crippen LogP contribution in [0.2, 0.25) is 0 Å². The minimum atomic E-state index is 0.715. The first-order valence-corrected chi connectivity index (χ1v) is 6.30. The molecule has 0 aliphatic heterocycles. The number of benzene rings is 1. The smallest absolute Gasteiger partial charge is 0.184 e. The largest absolute Gasteiger partial charge is 0.493 e. The van der Waals surface area contributed by atoms with Gasteiger partial charge in [-0.15, -0.1) is 0 Å². The quantitative estimate of drug-likeness (QED) is 0.760. The number of unbranched alkanes of at least 4 members (excludes halogenated alkanes) is 1. The first-order chi connectivity index (χ1) is 8.70. The van der Waals surface area contributed by atoms with Crippen molar-refractivity contribution in [2.24, 2.45) is 7.05 Å². The van der Waals surface area contributed by atoms with E-state index in [0.29, 0.717) is 5.82 Å². The van der Waals surface area contributed by atoms with Crippen LogP contribution in [0.5, 0.6) is 5.75 Å². The third-order valence-electron chi connectivity index (χ3n) is 2.73. The summed E-state index contributed by atoms with van der Waals surface area (Å²) in [5.41, 5.74) is 2.15. The molecule has 0 unspecified atom stereocenters. The summed E-state index contributed by atoms with van der Waals surface area (Å²) in [4.78, 5) is 4.29. The molecule has 4 heteroatoms. The molecule has 0 atom stereocenters. The van der Waals surface area contributed by atoms with Crippen molar-refractivity contribution in [3.8, 4) is 17.1 Å². The molecule has 0 bridgehead atoms. The Labute approximate surface area is 108 Å². The van der Waals surface area contributed by atoms with Gasteiger partial charge in [-0.3, -0.25) is 4.68 Å². The number of hydrogen-bond acceptors (Lipinski definition) is 3. The first kappa shape index (κ1) is 12.6. The Morgan fingerprint density at radius 1 is 1.33 bits per heavy atom. The number of aromatic nitrogens is 3. The lowest BCUT2D eigenvalue weighted by molar-refractivity contribution is 0.310. The minimum absolute atomic E-state index is 0.715. The monoisotopic (exact) mass is 245 g/mol. The Balaban J connectivity index is 2.29. The van der Waals surface area contributed by atoms with Gasteiger partial charge in [0.15, 0.2) is 5.82 Å². The zero-order valence-electron chi connectivity index (χ0n) is 11.2. The summed E-state index contributed by atoms with van der Waals surface area (Å²) in [7, 11) is 1.86. The summed E-state index contributed by atoms with van der Waals surface area (Å²) in [6.45, 7) is 4.95. The van der Waals surface area contributed by atoms with Gasteiger partial charge in [0.25, 0.3) is 0 Å².